The van der Waals surface area contributed by atoms with E-state index in [1.807, 2.05) is 6.92 Å². The Bertz CT molecular complexity index is 114. The molecule has 4 heteroatoms. The minimum atomic E-state index is -1.24. The van der Waals surface area contributed by atoms with Crippen molar-refractivity contribution in [3.8, 4) is 0 Å². The topological polar surface area (TPSA) is 38.3 Å². The lowest BCUT2D eigenvalue weighted by atomic mass is 10.8. The summed E-state index contributed by atoms with van der Waals surface area (Å²) in [5.74, 6) is 0. The highest BCUT2D eigenvalue weighted by Crippen LogP contribution is 2.23. The summed E-state index contributed by atoms with van der Waals surface area (Å²) in [6.45, 7) is 2.59. The largest absolute Gasteiger partial charge is 0.275 e. The minimum absolute atomic E-state index is 0.268. The van der Waals surface area contributed by atoms with Crippen molar-refractivity contribution in [2.45, 2.75) is 25.9 Å². The molecular weight excluding hydrogens is 138 g/mol. The summed E-state index contributed by atoms with van der Waals surface area (Å²) in [6, 6.07) is 0. The molecule has 3 nitrogen and oxygen atoms in total. The Kier molecular flexibility index (Phi) is 2.63. The molecule has 54 valence electrons. The average Bonchev–Trinajstić information content (AvgIpc) is 2.50. The molecule has 1 fully saturated rings. The van der Waals surface area contributed by atoms with Gasteiger partial charge in [-0.3, -0.25) is 4.18 Å². The highest BCUT2D eigenvalue weighted by molar-refractivity contribution is 7.78. The Hall–Kier alpha value is 0.0700. The smallest absolute Gasteiger partial charge is 0.234 e. The Morgan fingerprint density at radius 3 is 2.89 bits per heavy atom. The van der Waals surface area contributed by atoms with Gasteiger partial charge in [0.05, 0.1) is 6.10 Å². The molecule has 1 N–H and O–H groups in total. The van der Waals surface area contributed by atoms with Gasteiger partial charge in [0, 0.05) is 6.54 Å². The van der Waals surface area contributed by atoms with E-state index < -0.39 is 11.3 Å². The molecule has 9 heavy (non-hydrogen) atoms. The summed E-state index contributed by atoms with van der Waals surface area (Å²) < 4.78 is 18.3. The van der Waals surface area contributed by atoms with Crippen molar-refractivity contribution in [2.24, 2.45) is 0 Å². The molecule has 1 aliphatic carbocycles. The van der Waals surface area contributed by atoms with Crippen LogP contribution in [-0.2, 0) is 15.4 Å². The summed E-state index contributed by atoms with van der Waals surface area (Å²) in [7, 11) is 0. The van der Waals surface area contributed by atoms with Gasteiger partial charge in [0.1, 0.15) is 0 Å². The Morgan fingerprint density at radius 2 is 2.44 bits per heavy atom. The van der Waals surface area contributed by atoms with Crippen LogP contribution in [0.4, 0.5) is 0 Å². The fourth-order valence-electron chi connectivity index (χ4n) is 0.440. The maximum absolute atomic E-state index is 10.7. The van der Waals surface area contributed by atoms with Crippen LogP contribution in [0.25, 0.3) is 0 Å². The van der Waals surface area contributed by atoms with Crippen LogP contribution in [-0.4, -0.2) is 16.9 Å². The van der Waals surface area contributed by atoms with E-state index in [9.17, 15) is 4.21 Å². The van der Waals surface area contributed by atoms with E-state index in [1.54, 1.807) is 0 Å². The van der Waals surface area contributed by atoms with E-state index in [-0.39, 0.29) is 6.10 Å². The number of rotatable bonds is 4. The van der Waals surface area contributed by atoms with Crippen molar-refractivity contribution in [2.75, 3.05) is 6.54 Å². The second kappa shape index (κ2) is 3.29. The van der Waals surface area contributed by atoms with Gasteiger partial charge in [-0.25, -0.2) is 8.93 Å². The minimum Gasteiger partial charge on any atom is -0.275 e. The van der Waals surface area contributed by atoms with Crippen molar-refractivity contribution < 1.29 is 8.39 Å². The maximum Gasteiger partial charge on any atom is 0.234 e. The van der Waals surface area contributed by atoms with Crippen molar-refractivity contribution in [3.05, 3.63) is 0 Å². The lowest BCUT2D eigenvalue weighted by Gasteiger charge is -1.98. The summed E-state index contributed by atoms with van der Waals surface area (Å²) >= 11 is -1.24. The second-order valence-corrected chi connectivity index (χ2v) is 2.98. The molecule has 0 heterocycles. The van der Waals surface area contributed by atoms with Crippen LogP contribution >= 0.6 is 0 Å². The van der Waals surface area contributed by atoms with E-state index in [0.717, 1.165) is 12.8 Å². The molecular formula is C5H11NO2S. The van der Waals surface area contributed by atoms with Crippen molar-refractivity contribution in [1.82, 2.24) is 4.72 Å². The number of hydrogen-bond donors (Lipinski definition) is 1. The van der Waals surface area contributed by atoms with Gasteiger partial charge in [-0.05, 0) is 12.8 Å². The molecule has 1 unspecified atom stereocenters. The van der Waals surface area contributed by atoms with Crippen LogP contribution in [0, 0.1) is 0 Å². The number of nitrogens with one attached hydrogen (secondary N) is 1. The summed E-state index contributed by atoms with van der Waals surface area (Å²) in [4.78, 5) is 0. The molecule has 0 bridgehead atoms. The maximum atomic E-state index is 10.7. The third-order valence-electron chi connectivity index (χ3n) is 1.01. The molecule has 0 amide bonds. The summed E-state index contributed by atoms with van der Waals surface area (Å²) in [6.07, 6.45) is 2.40. The lowest BCUT2D eigenvalue weighted by molar-refractivity contribution is 0.329. The van der Waals surface area contributed by atoms with Crippen LogP contribution in [0.3, 0.4) is 0 Å². The Labute approximate surface area is 57.6 Å². The van der Waals surface area contributed by atoms with Crippen LogP contribution in [0.15, 0.2) is 0 Å². The summed E-state index contributed by atoms with van der Waals surface area (Å²) in [5, 5.41) is 0. The third kappa shape index (κ3) is 2.93. The van der Waals surface area contributed by atoms with E-state index >= 15 is 0 Å². The zero-order chi connectivity index (χ0) is 6.69. The van der Waals surface area contributed by atoms with Gasteiger partial charge in [-0.15, -0.1) is 0 Å². The highest BCUT2D eigenvalue weighted by atomic mass is 32.2. The molecule has 0 saturated heterocycles. The second-order valence-electron chi connectivity index (χ2n) is 2.03. The molecule has 1 aliphatic rings. The van der Waals surface area contributed by atoms with Gasteiger partial charge < -0.3 is 0 Å². The van der Waals surface area contributed by atoms with Gasteiger partial charge in [-0.2, -0.15) is 0 Å². The zero-order valence-corrected chi connectivity index (χ0v) is 6.24. The Morgan fingerprint density at radius 1 is 1.78 bits per heavy atom. The van der Waals surface area contributed by atoms with Crippen LogP contribution in [0.2, 0.25) is 0 Å². The van der Waals surface area contributed by atoms with E-state index in [0.29, 0.717) is 6.54 Å². The molecule has 0 aliphatic heterocycles. The molecule has 0 radical (unpaired) electrons. The first-order valence-corrected chi connectivity index (χ1v) is 4.23. The molecule has 1 saturated carbocycles. The first kappa shape index (κ1) is 7.18. The predicted molar refractivity (Wildman–Crippen MR) is 35.9 cm³/mol. The normalized spacial score (nSPS) is 21.9. The van der Waals surface area contributed by atoms with Gasteiger partial charge in [0.2, 0.25) is 11.3 Å². The number of hydrogen-bond acceptors (Lipinski definition) is 2. The van der Waals surface area contributed by atoms with Gasteiger partial charge in [0.15, 0.2) is 0 Å². The van der Waals surface area contributed by atoms with Crippen LogP contribution in [0.5, 0.6) is 0 Å². The van der Waals surface area contributed by atoms with E-state index in [1.165, 1.54) is 0 Å². The van der Waals surface area contributed by atoms with Crippen LogP contribution in [0.1, 0.15) is 19.8 Å². The summed E-state index contributed by atoms with van der Waals surface area (Å²) in [5.41, 5.74) is 0. The highest BCUT2D eigenvalue weighted by Gasteiger charge is 2.24. The predicted octanol–water partition coefficient (Wildman–Crippen LogP) is 0.354. The van der Waals surface area contributed by atoms with Gasteiger partial charge in [0.25, 0.3) is 0 Å². The fraction of sp³-hybridized carbons (Fsp3) is 1.00. The first-order valence-electron chi connectivity index (χ1n) is 3.15. The average molecular weight is 149 g/mol. The van der Waals surface area contributed by atoms with Crippen molar-refractivity contribution in [3.63, 3.8) is 0 Å². The van der Waals surface area contributed by atoms with Crippen molar-refractivity contribution in [1.29, 1.82) is 0 Å². The van der Waals surface area contributed by atoms with E-state index in [4.69, 9.17) is 4.18 Å². The quantitative estimate of drug-likeness (QED) is 0.626. The molecule has 1 atom stereocenters. The standard InChI is InChI=1S/C5H11NO2S/c1-2-6-9(7)8-5-3-4-5/h5-6H,2-4H2,1H3. The van der Waals surface area contributed by atoms with Crippen LogP contribution < -0.4 is 4.72 Å². The lowest BCUT2D eigenvalue weighted by Crippen LogP contribution is -2.19. The van der Waals surface area contributed by atoms with Crippen molar-refractivity contribution >= 4 is 11.3 Å². The van der Waals surface area contributed by atoms with E-state index in [2.05, 4.69) is 4.72 Å². The van der Waals surface area contributed by atoms with Gasteiger partial charge in [-0.1, -0.05) is 6.92 Å². The first-order chi connectivity index (χ1) is 4.33. The molecule has 0 aromatic heterocycles. The molecule has 0 aromatic carbocycles. The monoisotopic (exact) mass is 149 g/mol. The fourth-order valence-corrected chi connectivity index (χ4v) is 1.18. The third-order valence-corrected chi connectivity index (χ3v) is 1.98. The van der Waals surface area contributed by atoms with Gasteiger partial charge >= 0.3 is 0 Å². The molecule has 1 rings (SSSR count). The molecule has 0 spiro atoms. The zero-order valence-electron chi connectivity index (χ0n) is 5.42. The SMILES string of the molecule is CCNS(=O)OC1CC1. The Balaban J connectivity index is 2.02. The molecule has 0 aromatic rings.